The highest BCUT2D eigenvalue weighted by atomic mass is 35.5. The van der Waals surface area contributed by atoms with Crippen LogP contribution in [0.15, 0.2) is 30.3 Å². The van der Waals surface area contributed by atoms with Crippen LogP contribution in [0, 0.1) is 0 Å². The summed E-state index contributed by atoms with van der Waals surface area (Å²) < 4.78 is 11.7. The number of hydrogen-bond acceptors (Lipinski definition) is 2. The Labute approximate surface area is 144 Å². The number of fused-ring (bicyclic) bond motifs is 1. The SMILES string of the molecule is CCCCCOc1ccc2c(CC)c(OCCCCl)ccc2c1. The van der Waals surface area contributed by atoms with Gasteiger partial charge < -0.3 is 9.47 Å². The Kier molecular flexibility index (Phi) is 7.54. The molecule has 2 nitrogen and oxygen atoms in total. The maximum Gasteiger partial charge on any atom is 0.123 e. The molecular weight excluding hydrogens is 308 g/mol. The van der Waals surface area contributed by atoms with E-state index < -0.39 is 0 Å². The molecule has 0 amide bonds. The van der Waals surface area contributed by atoms with E-state index in [1.165, 1.54) is 29.2 Å². The summed E-state index contributed by atoms with van der Waals surface area (Å²) in [6, 6.07) is 10.5. The van der Waals surface area contributed by atoms with Crippen LogP contribution in [0.25, 0.3) is 10.8 Å². The molecule has 0 radical (unpaired) electrons. The van der Waals surface area contributed by atoms with Crippen molar-refractivity contribution in [1.29, 1.82) is 0 Å². The molecule has 0 fully saturated rings. The quantitative estimate of drug-likeness (QED) is 0.393. The summed E-state index contributed by atoms with van der Waals surface area (Å²) in [5, 5.41) is 2.45. The fraction of sp³-hybridized carbons (Fsp3) is 0.500. The van der Waals surface area contributed by atoms with Crippen LogP contribution in [0.4, 0.5) is 0 Å². The molecule has 0 atom stereocenters. The first-order valence-electron chi connectivity index (χ1n) is 8.67. The first-order chi connectivity index (χ1) is 11.3. The molecule has 0 unspecified atom stereocenters. The predicted octanol–water partition coefficient (Wildman–Crippen LogP) is 5.98. The number of halogens is 1. The van der Waals surface area contributed by atoms with Gasteiger partial charge in [0.1, 0.15) is 11.5 Å². The van der Waals surface area contributed by atoms with Crippen molar-refractivity contribution in [2.45, 2.75) is 46.0 Å². The zero-order valence-corrected chi connectivity index (χ0v) is 15.0. The lowest BCUT2D eigenvalue weighted by Gasteiger charge is -2.14. The van der Waals surface area contributed by atoms with Gasteiger partial charge in [-0.3, -0.25) is 0 Å². The van der Waals surface area contributed by atoms with Gasteiger partial charge in [-0.1, -0.05) is 38.8 Å². The minimum absolute atomic E-state index is 0.633. The molecule has 3 heteroatoms. The highest BCUT2D eigenvalue weighted by molar-refractivity contribution is 6.17. The van der Waals surface area contributed by atoms with Gasteiger partial charge in [0.15, 0.2) is 0 Å². The van der Waals surface area contributed by atoms with E-state index in [1.54, 1.807) is 0 Å². The van der Waals surface area contributed by atoms with Crippen LogP contribution >= 0.6 is 11.6 Å². The number of hydrogen-bond donors (Lipinski definition) is 0. The van der Waals surface area contributed by atoms with Crippen molar-refractivity contribution < 1.29 is 9.47 Å². The van der Waals surface area contributed by atoms with E-state index in [-0.39, 0.29) is 0 Å². The van der Waals surface area contributed by atoms with Crippen LogP contribution in [0.1, 0.15) is 45.1 Å². The van der Waals surface area contributed by atoms with Gasteiger partial charge >= 0.3 is 0 Å². The summed E-state index contributed by atoms with van der Waals surface area (Å²) >= 11 is 5.72. The molecule has 2 aromatic carbocycles. The van der Waals surface area contributed by atoms with Gasteiger partial charge in [-0.25, -0.2) is 0 Å². The van der Waals surface area contributed by atoms with Gasteiger partial charge in [0, 0.05) is 11.4 Å². The highest BCUT2D eigenvalue weighted by Crippen LogP contribution is 2.31. The van der Waals surface area contributed by atoms with E-state index in [4.69, 9.17) is 21.1 Å². The normalized spacial score (nSPS) is 10.9. The molecule has 23 heavy (non-hydrogen) atoms. The van der Waals surface area contributed by atoms with Crippen molar-refractivity contribution in [2.75, 3.05) is 19.1 Å². The number of alkyl halides is 1. The lowest BCUT2D eigenvalue weighted by molar-refractivity contribution is 0.306. The Morgan fingerprint density at radius 1 is 0.913 bits per heavy atom. The number of benzene rings is 2. The van der Waals surface area contributed by atoms with Crippen molar-refractivity contribution in [3.05, 3.63) is 35.9 Å². The fourth-order valence-corrected chi connectivity index (χ4v) is 2.83. The molecule has 0 N–H and O–H groups in total. The summed E-state index contributed by atoms with van der Waals surface area (Å²) in [5.74, 6) is 2.56. The summed E-state index contributed by atoms with van der Waals surface area (Å²) in [5.41, 5.74) is 1.26. The van der Waals surface area contributed by atoms with E-state index in [9.17, 15) is 0 Å². The molecule has 2 rings (SSSR count). The summed E-state index contributed by atoms with van der Waals surface area (Å²) in [7, 11) is 0. The van der Waals surface area contributed by atoms with E-state index >= 15 is 0 Å². The van der Waals surface area contributed by atoms with Gasteiger partial charge in [0.2, 0.25) is 0 Å². The zero-order chi connectivity index (χ0) is 16.5. The van der Waals surface area contributed by atoms with Crippen LogP contribution < -0.4 is 9.47 Å². The van der Waals surface area contributed by atoms with Crippen LogP contribution in [0.2, 0.25) is 0 Å². The van der Waals surface area contributed by atoms with Gasteiger partial charge in [0.25, 0.3) is 0 Å². The number of ether oxygens (including phenoxy) is 2. The van der Waals surface area contributed by atoms with Crippen molar-refractivity contribution in [2.24, 2.45) is 0 Å². The molecule has 0 bridgehead atoms. The molecule has 0 heterocycles. The van der Waals surface area contributed by atoms with Crippen LogP contribution in [-0.2, 0) is 6.42 Å². The van der Waals surface area contributed by atoms with Crippen molar-refractivity contribution in [3.8, 4) is 11.5 Å². The minimum Gasteiger partial charge on any atom is -0.494 e. The topological polar surface area (TPSA) is 18.5 Å². The molecule has 0 aliphatic heterocycles. The maximum atomic E-state index is 5.88. The van der Waals surface area contributed by atoms with Crippen LogP contribution in [0.3, 0.4) is 0 Å². The van der Waals surface area contributed by atoms with Crippen LogP contribution in [0.5, 0.6) is 11.5 Å². The van der Waals surface area contributed by atoms with E-state index in [1.807, 2.05) is 0 Å². The maximum absolute atomic E-state index is 5.88. The van der Waals surface area contributed by atoms with Gasteiger partial charge in [-0.2, -0.15) is 0 Å². The monoisotopic (exact) mass is 334 g/mol. The second kappa shape index (κ2) is 9.67. The Morgan fingerprint density at radius 2 is 1.74 bits per heavy atom. The molecule has 0 saturated carbocycles. The van der Waals surface area contributed by atoms with Crippen molar-refractivity contribution >= 4 is 22.4 Å². The third-order valence-corrected chi connectivity index (χ3v) is 4.23. The largest absolute Gasteiger partial charge is 0.494 e. The Hall–Kier alpha value is -1.41. The standard InChI is InChI=1S/C20H27ClO2/c1-3-5-6-13-22-17-9-10-19-16(15-17)8-11-20(18(19)4-2)23-14-7-12-21/h8-11,15H,3-7,12-14H2,1-2H3. The van der Waals surface area contributed by atoms with Gasteiger partial charge in [-0.05, 0) is 48.2 Å². The first-order valence-corrected chi connectivity index (χ1v) is 9.20. The predicted molar refractivity (Wildman–Crippen MR) is 99.2 cm³/mol. The number of unbranched alkanes of at least 4 members (excludes halogenated alkanes) is 2. The van der Waals surface area contributed by atoms with Crippen molar-refractivity contribution in [3.63, 3.8) is 0 Å². The Bertz CT molecular complexity index is 610. The Balaban J connectivity index is 2.15. The lowest BCUT2D eigenvalue weighted by atomic mass is 10.0. The summed E-state index contributed by atoms with van der Waals surface area (Å²) in [6.45, 7) is 5.83. The first kappa shape index (κ1) is 17.9. The third kappa shape index (κ3) is 5.04. The second-order valence-electron chi connectivity index (χ2n) is 5.73. The molecule has 0 aliphatic carbocycles. The molecule has 0 aliphatic rings. The third-order valence-electron chi connectivity index (χ3n) is 3.97. The highest BCUT2D eigenvalue weighted by Gasteiger charge is 2.08. The number of aryl methyl sites for hydroxylation is 1. The van der Waals surface area contributed by atoms with Crippen LogP contribution in [-0.4, -0.2) is 19.1 Å². The average Bonchev–Trinajstić information content (AvgIpc) is 2.58. The number of rotatable bonds is 10. The minimum atomic E-state index is 0.633. The van der Waals surface area contributed by atoms with E-state index in [0.29, 0.717) is 12.5 Å². The molecule has 0 spiro atoms. The summed E-state index contributed by atoms with van der Waals surface area (Å²) in [4.78, 5) is 0. The lowest BCUT2D eigenvalue weighted by Crippen LogP contribution is -2.01. The smallest absolute Gasteiger partial charge is 0.123 e. The second-order valence-corrected chi connectivity index (χ2v) is 6.10. The molecule has 0 aromatic heterocycles. The molecule has 0 saturated heterocycles. The van der Waals surface area contributed by atoms with E-state index in [2.05, 4.69) is 44.2 Å². The molecule has 126 valence electrons. The van der Waals surface area contributed by atoms with Crippen molar-refractivity contribution in [1.82, 2.24) is 0 Å². The van der Waals surface area contributed by atoms with Gasteiger partial charge in [0.05, 0.1) is 13.2 Å². The van der Waals surface area contributed by atoms with E-state index in [0.717, 1.165) is 37.4 Å². The molecular formula is C20H27ClO2. The Morgan fingerprint density at radius 3 is 2.48 bits per heavy atom. The summed E-state index contributed by atoms with van der Waals surface area (Å²) in [6.07, 6.45) is 5.36. The molecule has 2 aromatic rings. The zero-order valence-electron chi connectivity index (χ0n) is 14.2. The fourth-order valence-electron chi connectivity index (χ4n) is 2.72. The van der Waals surface area contributed by atoms with Gasteiger partial charge in [-0.15, -0.1) is 11.6 Å². The average molecular weight is 335 g/mol.